The highest BCUT2D eigenvalue weighted by atomic mass is 16.6. The van der Waals surface area contributed by atoms with E-state index >= 15 is 0 Å². The van der Waals surface area contributed by atoms with Gasteiger partial charge in [0.1, 0.15) is 5.75 Å². The molecule has 0 spiro atoms. The molecule has 0 aliphatic carbocycles. The van der Waals surface area contributed by atoms with Gasteiger partial charge in [-0.05, 0) is 37.7 Å². The lowest BCUT2D eigenvalue weighted by molar-refractivity contribution is -0.142. The second-order valence-electron chi connectivity index (χ2n) is 4.50. The normalized spacial score (nSPS) is 10.0. The smallest absolute Gasteiger partial charge is 0.343 e. The zero-order chi connectivity index (χ0) is 15.5. The summed E-state index contributed by atoms with van der Waals surface area (Å²) < 4.78 is 9.79. The minimum absolute atomic E-state index is 0.0196. The Hall–Kier alpha value is -2.08. The van der Waals surface area contributed by atoms with Crippen molar-refractivity contribution in [2.45, 2.75) is 19.4 Å². The summed E-state index contributed by atoms with van der Waals surface area (Å²) in [6.45, 7) is 1.13. The number of carbonyl (C=O) groups excluding carboxylic acids is 2. The van der Waals surface area contributed by atoms with Crippen molar-refractivity contribution < 1.29 is 19.1 Å². The lowest BCUT2D eigenvalue weighted by Crippen LogP contribution is -2.23. The van der Waals surface area contributed by atoms with E-state index in [-0.39, 0.29) is 12.5 Å². The predicted octanol–water partition coefficient (Wildman–Crippen LogP) is 0.854. The largest absolute Gasteiger partial charge is 0.482 e. The molecule has 0 radical (unpaired) electrons. The molecule has 0 aliphatic rings. The van der Waals surface area contributed by atoms with Crippen molar-refractivity contribution in [3.8, 4) is 5.75 Å². The van der Waals surface area contributed by atoms with Crippen molar-refractivity contribution in [1.82, 2.24) is 10.6 Å². The van der Waals surface area contributed by atoms with Crippen LogP contribution in [-0.2, 0) is 20.9 Å². The van der Waals surface area contributed by atoms with E-state index in [1.807, 2.05) is 19.2 Å². The van der Waals surface area contributed by atoms with Crippen LogP contribution in [0.1, 0.15) is 18.4 Å². The minimum atomic E-state index is -0.432. The number of hydrogen-bond donors (Lipinski definition) is 2. The maximum atomic E-state index is 11.6. The van der Waals surface area contributed by atoms with Gasteiger partial charge in [0.25, 0.3) is 0 Å². The number of nitrogens with one attached hydrogen (secondary N) is 2. The Balaban J connectivity index is 2.38. The van der Waals surface area contributed by atoms with Gasteiger partial charge in [0, 0.05) is 13.0 Å². The van der Waals surface area contributed by atoms with Gasteiger partial charge in [0.05, 0.1) is 7.11 Å². The molecule has 0 aromatic heterocycles. The highest BCUT2D eigenvalue weighted by molar-refractivity contribution is 5.75. The van der Waals surface area contributed by atoms with Crippen LogP contribution in [0.3, 0.4) is 0 Å². The van der Waals surface area contributed by atoms with Gasteiger partial charge in [-0.1, -0.05) is 12.1 Å². The molecule has 21 heavy (non-hydrogen) atoms. The van der Waals surface area contributed by atoms with E-state index in [9.17, 15) is 9.59 Å². The van der Waals surface area contributed by atoms with Gasteiger partial charge < -0.3 is 20.1 Å². The molecule has 0 bridgehead atoms. The summed E-state index contributed by atoms with van der Waals surface area (Å²) in [7, 11) is 3.17. The fourth-order valence-corrected chi connectivity index (χ4v) is 1.66. The first kappa shape index (κ1) is 17.0. The average molecular weight is 294 g/mol. The minimum Gasteiger partial charge on any atom is -0.482 e. The summed E-state index contributed by atoms with van der Waals surface area (Å²) in [5, 5.41) is 5.85. The average Bonchev–Trinajstić information content (AvgIpc) is 2.51. The lowest BCUT2D eigenvalue weighted by Gasteiger charge is -2.08. The fourth-order valence-electron chi connectivity index (χ4n) is 1.66. The first-order valence-corrected chi connectivity index (χ1v) is 6.85. The molecule has 0 fully saturated rings. The predicted molar refractivity (Wildman–Crippen MR) is 79.0 cm³/mol. The molecule has 116 valence electrons. The lowest BCUT2D eigenvalue weighted by atomic mass is 10.2. The van der Waals surface area contributed by atoms with Crippen molar-refractivity contribution in [2.75, 3.05) is 27.3 Å². The number of benzene rings is 1. The van der Waals surface area contributed by atoms with Crippen LogP contribution in [0.2, 0.25) is 0 Å². The van der Waals surface area contributed by atoms with Gasteiger partial charge in [-0.15, -0.1) is 0 Å². The topological polar surface area (TPSA) is 76.7 Å². The molecular formula is C15H22N2O4. The van der Waals surface area contributed by atoms with Crippen molar-refractivity contribution in [2.24, 2.45) is 0 Å². The highest BCUT2D eigenvalue weighted by Gasteiger charge is 2.04. The summed E-state index contributed by atoms with van der Waals surface area (Å²) >= 11 is 0. The van der Waals surface area contributed by atoms with Crippen LogP contribution in [0.25, 0.3) is 0 Å². The van der Waals surface area contributed by atoms with Crippen LogP contribution in [0.4, 0.5) is 0 Å². The quantitative estimate of drug-likeness (QED) is 0.522. The zero-order valence-electron chi connectivity index (χ0n) is 12.5. The first-order chi connectivity index (χ1) is 10.2. The number of esters is 1. The molecule has 0 aliphatic heterocycles. The summed E-state index contributed by atoms with van der Waals surface area (Å²) in [4.78, 5) is 22.6. The highest BCUT2D eigenvalue weighted by Crippen LogP contribution is 2.13. The van der Waals surface area contributed by atoms with Gasteiger partial charge >= 0.3 is 5.97 Å². The van der Waals surface area contributed by atoms with Gasteiger partial charge in [0.15, 0.2) is 6.61 Å². The number of carbonyl (C=O) groups is 2. The van der Waals surface area contributed by atoms with Gasteiger partial charge in [-0.3, -0.25) is 4.79 Å². The van der Waals surface area contributed by atoms with Crippen LogP contribution in [0, 0.1) is 0 Å². The van der Waals surface area contributed by atoms with Crippen LogP contribution in [0.15, 0.2) is 24.3 Å². The van der Waals surface area contributed by atoms with E-state index in [2.05, 4.69) is 15.4 Å². The van der Waals surface area contributed by atoms with Gasteiger partial charge in [0.2, 0.25) is 5.91 Å². The second-order valence-corrected chi connectivity index (χ2v) is 4.50. The van der Waals surface area contributed by atoms with E-state index in [4.69, 9.17) is 4.74 Å². The second kappa shape index (κ2) is 9.77. The summed E-state index contributed by atoms with van der Waals surface area (Å²) in [5.41, 5.74) is 0.916. The number of amides is 1. The van der Waals surface area contributed by atoms with Crippen molar-refractivity contribution in [1.29, 1.82) is 0 Å². The molecule has 1 rings (SSSR count). The van der Waals surface area contributed by atoms with E-state index in [0.29, 0.717) is 18.7 Å². The Morgan fingerprint density at radius 3 is 2.81 bits per heavy atom. The van der Waals surface area contributed by atoms with Gasteiger partial charge in [-0.25, -0.2) is 4.79 Å². The molecule has 1 aromatic carbocycles. The zero-order valence-corrected chi connectivity index (χ0v) is 12.5. The molecule has 0 unspecified atom stereocenters. The van der Waals surface area contributed by atoms with E-state index in [0.717, 1.165) is 18.5 Å². The molecule has 0 saturated carbocycles. The number of rotatable bonds is 9. The molecule has 6 nitrogen and oxygen atoms in total. The van der Waals surface area contributed by atoms with Crippen LogP contribution in [-0.4, -0.2) is 39.2 Å². The van der Waals surface area contributed by atoms with Crippen molar-refractivity contribution >= 4 is 11.9 Å². The fraction of sp³-hybridized carbons (Fsp3) is 0.467. The Morgan fingerprint density at radius 1 is 1.29 bits per heavy atom. The molecule has 6 heteroatoms. The Morgan fingerprint density at radius 2 is 2.10 bits per heavy atom. The SMILES string of the molecule is CNCCCC(=O)NCc1cccc(OCC(=O)OC)c1. The molecule has 0 saturated heterocycles. The molecular weight excluding hydrogens is 272 g/mol. The summed E-state index contributed by atoms with van der Waals surface area (Å²) in [5.74, 6) is 0.159. The van der Waals surface area contributed by atoms with Gasteiger partial charge in [-0.2, -0.15) is 0 Å². The third-order valence-corrected chi connectivity index (χ3v) is 2.80. The van der Waals surface area contributed by atoms with E-state index in [1.165, 1.54) is 7.11 Å². The van der Waals surface area contributed by atoms with E-state index < -0.39 is 5.97 Å². The molecule has 0 heterocycles. The first-order valence-electron chi connectivity index (χ1n) is 6.85. The molecule has 1 aromatic rings. The van der Waals surface area contributed by atoms with Crippen LogP contribution < -0.4 is 15.4 Å². The number of hydrogen-bond acceptors (Lipinski definition) is 5. The Labute approximate surface area is 124 Å². The standard InChI is InChI=1S/C15H22N2O4/c1-16-8-4-7-14(18)17-10-12-5-3-6-13(9-12)21-11-15(19)20-2/h3,5-6,9,16H,4,7-8,10-11H2,1-2H3,(H,17,18). The molecule has 1 amide bonds. The van der Waals surface area contributed by atoms with E-state index in [1.54, 1.807) is 12.1 Å². The van der Waals surface area contributed by atoms with Crippen molar-refractivity contribution in [3.05, 3.63) is 29.8 Å². The van der Waals surface area contributed by atoms with Crippen molar-refractivity contribution in [3.63, 3.8) is 0 Å². The van der Waals surface area contributed by atoms with Crippen LogP contribution >= 0.6 is 0 Å². The third kappa shape index (κ3) is 7.31. The molecule has 2 N–H and O–H groups in total. The maximum Gasteiger partial charge on any atom is 0.343 e. The third-order valence-electron chi connectivity index (χ3n) is 2.80. The Bertz CT molecular complexity index is 463. The summed E-state index contributed by atoms with van der Waals surface area (Å²) in [6, 6.07) is 7.24. The number of methoxy groups -OCH3 is 1. The molecule has 0 atom stereocenters. The summed E-state index contributed by atoms with van der Waals surface area (Å²) in [6.07, 6.45) is 1.31. The van der Waals surface area contributed by atoms with Crippen LogP contribution in [0.5, 0.6) is 5.75 Å². The Kier molecular flexibility index (Phi) is 7.89. The monoisotopic (exact) mass is 294 g/mol. The number of ether oxygens (including phenoxy) is 2. The maximum absolute atomic E-state index is 11.6.